The van der Waals surface area contributed by atoms with Crippen molar-refractivity contribution in [3.8, 4) is 0 Å². The highest BCUT2D eigenvalue weighted by Gasteiger charge is 2.36. The first-order chi connectivity index (χ1) is 12.7. The summed E-state index contributed by atoms with van der Waals surface area (Å²) in [6.45, 7) is 10.2. The molecule has 3 rings (SSSR count). The van der Waals surface area contributed by atoms with Gasteiger partial charge >= 0.3 is 0 Å². The number of hydrogen-bond acceptors (Lipinski definition) is 2. The van der Waals surface area contributed by atoms with Crippen LogP contribution < -0.4 is 4.90 Å². The SMILES string of the molecule is CCCN1c2cc(Cl)c(C=Nc3ccc(Cl)c(Cl)c3)cc2C(C)CC1(C)C. The molecule has 2 nitrogen and oxygen atoms in total. The molecule has 0 amide bonds. The number of nitrogens with zero attached hydrogens (tertiary/aromatic N) is 2. The molecule has 0 aliphatic carbocycles. The van der Waals surface area contributed by atoms with Crippen molar-refractivity contribution in [3.63, 3.8) is 0 Å². The van der Waals surface area contributed by atoms with Gasteiger partial charge in [0, 0.05) is 29.5 Å². The Morgan fingerprint density at radius 1 is 1.11 bits per heavy atom. The Bertz CT molecular complexity index is 874. The molecule has 0 N–H and O–H groups in total. The predicted molar refractivity (Wildman–Crippen MR) is 120 cm³/mol. The molecule has 144 valence electrons. The van der Waals surface area contributed by atoms with Gasteiger partial charge in [0.1, 0.15) is 0 Å². The van der Waals surface area contributed by atoms with E-state index in [2.05, 4.69) is 49.7 Å². The van der Waals surface area contributed by atoms with E-state index in [1.807, 2.05) is 6.07 Å². The van der Waals surface area contributed by atoms with Crippen LogP contribution in [0.5, 0.6) is 0 Å². The lowest BCUT2D eigenvalue weighted by Gasteiger charge is -2.47. The second kappa shape index (κ2) is 8.03. The van der Waals surface area contributed by atoms with E-state index in [9.17, 15) is 0 Å². The second-order valence-electron chi connectivity index (χ2n) is 7.86. The van der Waals surface area contributed by atoms with Crippen LogP contribution >= 0.6 is 34.8 Å². The normalized spacial score (nSPS) is 18.8. The fourth-order valence-corrected chi connectivity index (χ4v) is 4.48. The van der Waals surface area contributed by atoms with Crippen molar-refractivity contribution in [2.24, 2.45) is 4.99 Å². The Morgan fingerprint density at radius 2 is 1.85 bits per heavy atom. The molecule has 0 saturated heterocycles. The Hall–Kier alpha value is -1.22. The topological polar surface area (TPSA) is 15.6 Å². The third-order valence-corrected chi connectivity index (χ3v) is 6.27. The quantitative estimate of drug-likeness (QED) is 0.456. The zero-order valence-corrected chi connectivity index (χ0v) is 18.5. The van der Waals surface area contributed by atoms with Crippen LogP contribution in [0.1, 0.15) is 57.6 Å². The van der Waals surface area contributed by atoms with Gasteiger partial charge in [-0.1, -0.05) is 48.7 Å². The lowest BCUT2D eigenvalue weighted by molar-refractivity contribution is 0.376. The summed E-state index contributed by atoms with van der Waals surface area (Å²) in [5.74, 6) is 0.470. The summed E-state index contributed by atoms with van der Waals surface area (Å²) >= 11 is 18.7. The zero-order chi connectivity index (χ0) is 19.8. The van der Waals surface area contributed by atoms with Gasteiger partial charge in [-0.15, -0.1) is 0 Å². The van der Waals surface area contributed by atoms with E-state index in [0.717, 1.165) is 30.6 Å². The molecule has 5 heteroatoms. The molecule has 0 aromatic heterocycles. The largest absolute Gasteiger partial charge is 0.366 e. The molecule has 1 atom stereocenters. The summed E-state index contributed by atoms with van der Waals surface area (Å²) in [4.78, 5) is 7.03. The highest BCUT2D eigenvalue weighted by atomic mass is 35.5. The van der Waals surface area contributed by atoms with Gasteiger partial charge in [-0.25, -0.2) is 0 Å². The van der Waals surface area contributed by atoms with Crippen LogP contribution in [-0.4, -0.2) is 18.3 Å². The fraction of sp³-hybridized carbons (Fsp3) is 0.409. The van der Waals surface area contributed by atoms with Gasteiger partial charge in [-0.2, -0.15) is 0 Å². The molecule has 2 aromatic carbocycles. The molecule has 27 heavy (non-hydrogen) atoms. The molecular weight excluding hydrogens is 399 g/mol. The van der Waals surface area contributed by atoms with Gasteiger partial charge in [-0.3, -0.25) is 4.99 Å². The van der Waals surface area contributed by atoms with Crippen LogP contribution in [0.4, 0.5) is 11.4 Å². The molecule has 1 aliphatic heterocycles. The maximum absolute atomic E-state index is 6.63. The van der Waals surface area contributed by atoms with E-state index in [1.54, 1.807) is 18.3 Å². The van der Waals surface area contributed by atoms with Crippen LogP contribution in [0, 0.1) is 0 Å². The van der Waals surface area contributed by atoms with Crippen molar-refractivity contribution in [1.29, 1.82) is 0 Å². The van der Waals surface area contributed by atoms with Crippen LogP contribution in [0.15, 0.2) is 35.3 Å². The fourth-order valence-electron chi connectivity index (χ4n) is 3.98. The number of anilines is 1. The molecule has 2 aromatic rings. The Balaban J connectivity index is 1.99. The summed E-state index contributed by atoms with van der Waals surface area (Å²) in [6, 6.07) is 9.62. The van der Waals surface area contributed by atoms with Gasteiger partial charge in [0.05, 0.1) is 20.8 Å². The van der Waals surface area contributed by atoms with E-state index >= 15 is 0 Å². The summed E-state index contributed by atoms with van der Waals surface area (Å²) in [5, 5.41) is 1.73. The first-order valence-corrected chi connectivity index (χ1v) is 10.5. The minimum absolute atomic E-state index is 0.126. The average Bonchev–Trinajstić information content (AvgIpc) is 2.59. The third-order valence-electron chi connectivity index (χ3n) is 5.21. The Morgan fingerprint density at radius 3 is 2.52 bits per heavy atom. The van der Waals surface area contributed by atoms with Crippen LogP contribution in [0.3, 0.4) is 0 Å². The zero-order valence-electron chi connectivity index (χ0n) is 16.2. The molecule has 1 unspecified atom stereocenters. The number of benzene rings is 2. The van der Waals surface area contributed by atoms with Gasteiger partial charge < -0.3 is 4.90 Å². The predicted octanol–water partition coefficient (Wildman–Crippen LogP) is 7.90. The number of fused-ring (bicyclic) bond motifs is 1. The number of hydrogen-bond donors (Lipinski definition) is 0. The van der Waals surface area contributed by atoms with E-state index in [4.69, 9.17) is 34.8 Å². The lowest BCUT2D eigenvalue weighted by atomic mass is 9.79. The standard InChI is InChI=1S/C22H25Cl3N2/c1-5-8-27-21-11-19(24)15(9-17(21)14(2)12-22(27,3)4)13-26-16-6-7-18(23)20(25)10-16/h6-7,9-11,13-14H,5,8,12H2,1-4H3. The Labute approximate surface area is 177 Å². The van der Waals surface area contributed by atoms with Gasteiger partial charge in [0.2, 0.25) is 0 Å². The summed E-state index contributed by atoms with van der Waals surface area (Å²) < 4.78 is 0. The van der Waals surface area contributed by atoms with Crippen molar-refractivity contribution in [2.45, 2.75) is 52.0 Å². The van der Waals surface area contributed by atoms with Crippen molar-refractivity contribution < 1.29 is 0 Å². The van der Waals surface area contributed by atoms with E-state index in [1.165, 1.54) is 11.3 Å². The number of aliphatic imine (C=N–C) groups is 1. The molecular formula is C22H25Cl3N2. The number of halogens is 3. The van der Waals surface area contributed by atoms with E-state index in [-0.39, 0.29) is 5.54 Å². The highest BCUT2D eigenvalue weighted by Crippen LogP contribution is 2.45. The first kappa shape index (κ1) is 20.5. The molecule has 0 fully saturated rings. The molecule has 0 bridgehead atoms. The summed E-state index contributed by atoms with van der Waals surface area (Å²) in [6.07, 6.45) is 4.03. The van der Waals surface area contributed by atoms with Crippen molar-refractivity contribution in [2.75, 3.05) is 11.4 Å². The Kier molecular flexibility index (Phi) is 6.10. The summed E-state index contributed by atoms with van der Waals surface area (Å²) in [5.41, 5.74) is 4.38. The third kappa shape index (κ3) is 4.29. The molecule has 0 radical (unpaired) electrons. The maximum atomic E-state index is 6.63. The van der Waals surface area contributed by atoms with Gasteiger partial charge in [0.15, 0.2) is 0 Å². The average molecular weight is 424 g/mol. The lowest BCUT2D eigenvalue weighted by Crippen LogP contribution is -2.48. The smallest absolute Gasteiger partial charge is 0.0645 e. The maximum Gasteiger partial charge on any atom is 0.0645 e. The molecule has 0 saturated carbocycles. The highest BCUT2D eigenvalue weighted by molar-refractivity contribution is 6.42. The monoisotopic (exact) mass is 422 g/mol. The molecule has 1 heterocycles. The van der Waals surface area contributed by atoms with Gasteiger partial charge in [-0.05, 0) is 68.5 Å². The van der Waals surface area contributed by atoms with Gasteiger partial charge in [0.25, 0.3) is 0 Å². The minimum atomic E-state index is 0.126. The van der Waals surface area contributed by atoms with Crippen LogP contribution in [0.25, 0.3) is 0 Å². The second-order valence-corrected chi connectivity index (χ2v) is 9.08. The molecule has 0 spiro atoms. The van der Waals surface area contributed by atoms with Crippen LogP contribution in [-0.2, 0) is 0 Å². The van der Waals surface area contributed by atoms with E-state index < -0.39 is 0 Å². The molecule has 1 aliphatic rings. The van der Waals surface area contributed by atoms with Crippen LogP contribution in [0.2, 0.25) is 15.1 Å². The number of rotatable bonds is 4. The van der Waals surface area contributed by atoms with Crippen molar-refractivity contribution in [1.82, 2.24) is 0 Å². The van der Waals surface area contributed by atoms with E-state index in [0.29, 0.717) is 21.0 Å². The first-order valence-electron chi connectivity index (χ1n) is 9.33. The minimum Gasteiger partial charge on any atom is -0.366 e. The van der Waals surface area contributed by atoms with Crippen molar-refractivity contribution >= 4 is 52.4 Å². The van der Waals surface area contributed by atoms with Crippen molar-refractivity contribution in [3.05, 3.63) is 56.5 Å². The summed E-state index contributed by atoms with van der Waals surface area (Å²) in [7, 11) is 0.